The van der Waals surface area contributed by atoms with E-state index in [4.69, 9.17) is 9.47 Å². The van der Waals surface area contributed by atoms with Gasteiger partial charge >= 0.3 is 5.97 Å². The molecule has 0 saturated heterocycles. The average molecular weight is 515 g/mol. The Bertz CT molecular complexity index is 1050. The van der Waals surface area contributed by atoms with Gasteiger partial charge in [0.1, 0.15) is 11.5 Å². The molecule has 3 heteroatoms. The van der Waals surface area contributed by atoms with Crippen LogP contribution in [-0.2, 0) is 0 Å². The number of carbonyl (C=O) groups is 1. The summed E-state index contributed by atoms with van der Waals surface area (Å²) in [4.78, 5) is 12.7. The highest BCUT2D eigenvalue weighted by Gasteiger charge is 2.11. The molecule has 0 bridgehead atoms. The Kier molecular flexibility index (Phi) is 13.0. The molecule has 0 aliphatic carbocycles. The van der Waals surface area contributed by atoms with Crippen LogP contribution in [0.3, 0.4) is 0 Å². The maximum absolute atomic E-state index is 12.7. The molecular formula is C35H46O3. The highest BCUT2D eigenvalue weighted by Crippen LogP contribution is 2.26. The van der Waals surface area contributed by atoms with E-state index in [-0.39, 0.29) is 5.97 Å². The molecule has 3 rings (SSSR count). The Balaban J connectivity index is 1.46. The van der Waals surface area contributed by atoms with Gasteiger partial charge in [0.25, 0.3) is 0 Å². The largest absolute Gasteiger partial charge is 0.494 e. The molecule has 0 unspecified atom stereocenters. The second-order valence-electron chi connectivity index (χ2n) is 10.4. The summed E-state index contributed by atoms with van der Waals surface area (Å²) in [6, 6.07) is 23.7. The van der Waals surface area contributed by atoms with Crippen LogP contribution in [0.1, 0.15) is 113 Å². The quantitative estimate of drug-likeness (QED) is 0.102. The van der Waals surface area contributed by atoms with Crippen molar-refractivity contribution in [2.75, 3.05) is 6.61 Å². The maximum atomic E-state index is 12.7. The highest BCUT2D eigenvalue weighted by molar-refractivity contribution is 5.91. The van der Waals surface area contributed by atoms with Gasteiger partial charge in [-0.3, -0.25) is 0 Å². The van der Waals surface area contributed by atoms with Crippen molar-refractivity contribution in [1.29, 1.82) is 0 Å². The molecule has 0 fully saturated rings. The predicted octanol–water partition coefficient (Wildman–Crippen LogP) is 10.4. The van der Waals surface area contributed by atoms with E-state index in [0.717, 1.165) is 29.9 Å². The van der Waals surface area contributed by atoms with Crippen LogP contribution in [0.4, 0.5) is 0 Å². The molecule has 3 nitrogen and oxygen atoms in total. The van der Waals surface area contributed by atoms with Gasteiger partial charge in [-0.1, -0.05) is 115 Å². The van der Waals surface area contributed by atoms with Gasteiger partial charge in [-0.05, 0) is 71.8 Å². The first-order valence-electron chi connectivity index (χ1n) is 14.8. The zero-order valence-corrected chi connectivity index (χ0v) is 23.7. The summed E-state index contributed by atoms with van der Waals surface area (Å²) in [5, 5.41) is 0. The second-order valence-corrected chi connectivity index (χ2v) is 10.4. The second kappa shape index (κ2) is 16.7. The minimum absolute atomic E-state index is 0.337. The Labute approximate surface area is 230 Å². The van der Waals surface area contributed by atoms with Crippen molar-refractivity contribution in [2.45, 2.75) is 97.3 Å². The van der Waals surface area contributed by atoms with Crippen molar-refractivity contribution in [2.24, 2.45) is 0 Å². The zero-order chi connectivity index (χ0) is 27.0. The summed E-state index contributed by atoms with van der Waals surface area (Å²) in [6.07, 6.45) is 13.9. The van der Waals surface area contributed by atoms with Crippen LogP contribution in [0.5, 0.6) is 11.5 Å². The zero-order valence-electron chi connectivity index (χ0n) is 23.7. The van der Waals surface area contributed by atoms with Gasteiger partial charge < -0.3 is 9.47 Å². The standard InChI is InChI=1S/C35H46O3/c1-4-6-8-10-12-14-28(3)29-19-25-34(26-20-29)38-35(36)32-17-15-30(16-18-32)31-21-23-33(24-22-31)37-27-13-11-9-7-5-2/h15-26,28H,4-14,27H2,1-3H3/t28-/m1/s1. The summed E-state index contributed by atoms with van der Waals surface area (Å²) >= 11 is 0. The first-order chi connectivity index (χ1) is 18.6. The Morgan fingerprint density at radius 3 is 1.76 bits per heavy atom. The number of rotatable bonds is 17. The van der Waals surface area contributed by atoms with Crippen molar-refractivity contribution < 1.29 is 14.3 Å². The molecule has 3 aromatic rings. The van der Waals surface area contributed by atoms with Crippen LogP contribution >= 0.6 is 0 Å². The predicted molar refractivity (Wildman–Crippen MR) is 159 cm³/mol. The Morgan fingerprint density at radius 1 is 0.632 bits per heavy atom. The van der Waals surface area contributed by atoms with Crippen molar-refractivity contribution in [3.05, 3.63) is 83.9 Å². The van der Waals surface area contributed by atoms with Gasteiger partial charge in [-0.15, -0.1) is 0 Å². The Morgan fingerprint density at radius 2 is 1.16 bits per heavy atom. The van der Waals surface area contributed by atoms with Crippen molar-refractivity contribution in [3.63, 3.8) is 0 Å². The number of unbranched alkanes of at least 4 members (excludes halogenated alkanes) is 8. The van der Waals surface area contributed by atoms with E-state index in [1.807, 2.05) is 48.5 Å². The molecule has 0 aromatic heterocycles. The molecular weight excluding hydrogens is 468 g/mol. The summed E-state index contributed by atoms with van der Waals surface area (Å²) in [5.41, 5.74) is 3.99. The van der Waals surface area contributed by atoms with Gasteiger partial charge in [0.2, 0.25) is 0 Å². The van der Waals surface area contributed by atoms with E-state index in [9.17, 15) is 4.79 Å². The number of hydrogen-bond donors (Lipinski definition) is 0. The molecule has 38 heavy (non-hydrogen) atoms. The monoisotopic (exact) mass is 514 g/mol. The molecule has 0 N–H and O–H groups in total. The van der Waals surface area contributed by atoms with E-state index < -0.39 is 0 Å². The number of hydrogen-bond acceptors (Lipinski definition) is 3. The fraction of sp³-hybridized carbons (Fsp3) is 0.457. The number of benzene rings is 3. The molecule has 0 spiro atoms. The van der Waals surface area contributed by atoms with Gasteiger partial charge in [0, 0.05) is 0 Å². The minimum atomic E-state index is -0.337. The molecule has 0 aliphatic heterocycles. The molecule has 1 atom stereocenters. The van der Waals surface area contributed by atoms with E-state index in [0.29, 0.717) is 17.2 Å². The lowest BCUT2D eigenvalue weighted by molar-refractivity contribution is 0.0734. The van der Waals surface area contributed by atoms with E-state index >= 15 is 0 Å². The SMILES string of the molecule is CCCCCCCOc1ccc(-c2ccc(C(=O)Oc3ccc([C@H](C)CCCCCCC)cc3)cc2)cc1. The summed E-state index contributed by atoms with van der Waals surface area (Å²) < 4.78 is 11.5. The smallest absolute Gasteiger partial charge is 0.343 e. The maximum Gasteiger partial charge on any atom is 0.343 e. The minimum Gasteiger partial charge on any atom is -0.494 e. The lowest BCUT2D eigenvalue weighted by atomic mass is 9.95. The third kappa shape index (κ3) is 10.0. The lowest BCUT2D eigenvalue weighted by Gasteiger charge is -2.13. The number of esters is 1. The molecule has 0 saturated carbocycles. The molecule has 0 heterocycles. The lowest BCUT2D eigenvalue weighted by Crippen LogP contribution is -2.08. The average Bonchev–Trinajstić information content (AvgIpc) is 2.95. The van der Waals surface area contributed by atoms with Crippen LogP contribution in [0.25, 0.3) is 11.1 Å². The van der Waals surface area contributed by atoms with E-state index in [2.05, 4.69) is 45.0 Å². The fourth-order valence-electron chi connectivity index (χ4n) is 4.69. The van der Waals surface area contributed by atoms with Crippen LogP contribution in [0.2, 0.25) is 0 Å². The highest BCUT2D eigenvalue weighted by atomic mass is 16.5. The summed E-state index contributed by atoms with van der Waals surface area (Å²) in [6.45, 7) is 7.52. The van der Waals surface area contributed by atoms with E-state index in [1.165, 1.54) is 69.8 Å². The summed E-state index contributed by atoms with van der Waals surface area (Å²) in [7, 11) is 0. The molecule has 0 amide bonds. The summed E-state index contributed by atoms with van der Waals surface area (Å²) in [5.74, 6) is 1.66. The van der Waals surface area contributed by atoms with Gasteiger partial charge in [-0.2, -0.15) is 0 Å². The topological polar surface area (TPSA) is 35.5 Å². The third-order valence-electron chi connectivity index (χ3n) is 7.23. The van der Waals surface area contributed by atoms with Crippen molar-refractivity contribution in [3.8, 4) is 22.6 Å². The van der Waals surface area contributed by atoms with Crippen LogP contribution in [0.15, 0.2) is 72.8 Å². The van der Waals surface area contributed by atoms with Crippen molar-refractivity contribution in [1.82, 2.24) is 0 Å². The molecule has 204 valence electrons. The number of carbonyl (C=O) groups excluding carboxylic acids is 1. The van der Waals surface area contributed by atoms with Crippen LogP contribution < -0.4 is 9.47 Å². The first kappa shape index (κ1) is 29.5. The molecule has 0 radical (unpaired) electrons. The first-order valence-corrected chi connectivity index (χ1v) is 14.8. The Hall–Kier alpha value is -3.07. The van der Waals surface area contributed by atoms with Gasteiger partial charge in [0.05, 0.1) is 12.2 Å². The van der Waals surface area contributed by atoms with Crippen molar-refractivity contribution >= 4 is 5.97 Å². The number of ether oxygens (including phenoxy) is 2. The normalized spacial score (nSPS) is 11.8. The fourth-order valence-corrected chi connectivity index (χ4v) is 4.69. The van der Waals surface area contributed by atoms with Gasteiger partial charge in [-0.25, -0.2) is 4.79 Å². The van der Waals surface area contributed by atoms with E-state index in [1.54, 1.807) is 0 Å². The van der Waals surface area contributed by atoms with Crippen LogP contribution in [0, 0.1) is 0 Å². The van der Waals surface area contributed by atoms with Crippen LogP contribution in [-0.4, -0.2) is 12.6 Å². The molecule has 0 aliphatic rings. The molecule has 3 aromatic carbocycles. The van der Waals surface area contributed by atoms with Gasteiger partial charge in [0.15, 0.2) is 0 Å². The third-order valence-corrected chi connectivity index (χ3v) is 7.23.